The lowest BCUT2D eigenvalue weighted by Crippen LogP contribution is -2.51. The number of aromatic amines is 1. The highest BCUT2D eigenvalue weighted by Gasteiger charge is 2.31. The maximum atomic E-state index is 14.7. The first-order valence-electron chi connectivity index (χ1n) is 11.7. The van der Waals surface area contributed by atoms with Crippen LogP contribution >= 0.6 is 11.6 Å². The van der Waals surface area contributed by atoms with E-state index in [4.69, 9.17) is 11.6 Å². The number of benzene rings is 1. The number of H-pyrrole nitrogens is 1. The summed E-state index contributed by atoms with van der Waals surface area (Å²) >= 11 is 6.07. The number of rotatable bonds is 4. The van der Waals surface area contributed by atoms with Gasteiger partial charge in [-0.05, 0) is 36.6 Å². The Morgan fingerprint density at radius 2 is 1.76 bits per heavy atom. The number of halogens is 2. The summed E-state index contributed by atoms with van der Waals surface area (Å²) in [4.78, 5) is 44.0. The van der Waals surface area contributed by atoms with Gasteiger partial charge in [-0.2, -0.15) is 0 Å². The molecule has 0 radical (unpaired) electrons. The summed E-state index contributed by atoms with van der Waals surface area (Å²) in [6, 6.07) is 6.08. The monoisotopic (exact) mass is 484 g/mol. The van der Waals surface area contributed by atoms with E-state index in [1.54, 1.807) is 39.9 Å². The molecule has 2 aliphatic rings. The van der Waals surface area contributed by atoms with E-state index in [0.717, 1.165) is 36.9 Å². The standard InChI is InChI=1S/C25H26ClFN4O3/c26-18-13-22-23(32)28-14-19(31(22)15-18)11-16-5-6-21(27)20(12-16)25(34)30-9-7-29(8-10-30)24(33)17-3-1-2-4-17/h5-6,12-15,17H,1-4,7-11H2,(H,28,32). The van der Waals surface area contributed by atoms with E-state index in [-0.39, 0.29) is 28.9 Å². The molecule has 5 rings (SSSR count). The summed E-state index contributed by atoms with van der Waals surface area (Å²) in [5, 5.41) is 0.443. The van der Waals surface area contributed by atoms with Crippen LogP contribution in [0.5, 0.6) is 0 Å². The summed E-state index contributed by atoms with van der Waals surface area (Å²) in [6.07, 6.45) is 7.74. The zero-order chi connectivity index (χ0) is 23.8. The average molecular weight is 485 g/mol. The number of fused-ring (bicyclic) bond motifs is 1. The van der Waals surface area contributed by atoms with Gasteiger partial charge in [0.2, 0.25) is 5.91 Å². The van der Waals surface area contributed by atoms with Crippen LogP contribution in [-0.4, -0.2) is 57.2 Å². The molecule has 3 aromatic rings. The van der Waals surface area contributed by atoms with Crippen molar-refractivity contribution in [2.24, 2.45) is 5.92 Å². The Labute approximate surface area is 201 Å². The highest BCUT2D eigenvalue weighted by molar-refractivity contribution is 6.31. The second-order valence-electron chi connectivity index (χ2n) is 9.11. The Bertz CT molecular complexity index is 1300. The molecular formula is C25H26ClFN4O3. The largest absolute Gasteiger partial charge is 0.339 e. The maximum Gasteiger partial charge on any atom is 0.272 e. The molecule has 1 saturated heterocycles. The minimum Gasteiger partial charge on any atom is -0.339 e. The van der Waals surface area contributed by atoms with Crippen LogP contribution in [0, 0.1) is 11.7 Å². The predicted octanol–water partition coefficient (Wildman–Crippen LogP) is 3.49. The fourth-order valence-corrected chi connectivity index (χ4v) is 5.26. The molecule has 34 heavy (non-hydrogen) atoms. The second-order valence-corrected chi connectivity index (χ2v) is 9.55. The van der Waals surface area contributed by atoms with Crippen molar-refractivity contribution >= 4 is 28.9 Å². The van der Waals surface area contributed by atoms with Crippen molar-refractivity contribution in [2.75, 3.05) is 26.2 Å². The molecule has 1 aliphatic heterocycles. The fourth-order valence-electron chi connectivity index (χ4n) is 5.06. The van der Waals surface area contributed by atoms with Crippen LogP contribution in [0.4, 0.5) is 4.39 Å². The van der Waals surface area contributed by atoms with E-state index in [2.05, 4.69) is 4.98 Å². The Morgan fingerprint density at radius 1 is 1.06 bits per heavy atom. The number of nitrogens with zero attached hydrogens (tertiary/aromatic N) is 3. The Kier molecular flexibility index (Phi) is 6.16. The van der Waals surface area contributed by atoms with Gasteiger partial charge in [-0.25, -0.2) is 4.39 Å². The van der Waals surface area contributed by atoms with Crippen LogP contribution in [-0.2, 0) is 11.2 Å². The van der Waals surface area contributed by atoms with Gasteiger partial charge in [0.25, 0.3) is 11.5 Å². The number of hydrogen-bond donors (Lipinski definition) is 1. The molecule has 2 aromatic heterocycles. The molecule has 1 N–H and O–H groups in total. The summed E-state index contributed by atoms with van der Waals surface area (Å²) in [5.41, 5.74) is 1.67. The van der Waals surface area contributed by atoms with E-state index in [1.165, 1.54) is 6.07 Å². The van der Waals surface area contributed by atoms with Crippen LogP contribution in [0.15, 0.2) is 41.5 Å². The smallest absolute Gasteiger partial charge is 0.272 e. The lowest BCUT2D eigenvalue weighted by atomic mass is 10.0. The van der Waals surface area contributed by atoms with Gasteiger partial charge < -0.3 is 19.2 Å². The van der Waals surface area contributed by atoms with E-state index in [0.29, 0.717) is 43.1 Å². The third kappa shape index (κ3) is 4.34. The maximum absolute atomic E-state index is 14.7. The molecule has 1 aromatic carbocycles. The fraction of sp³-hybridized carbons (Fsp3) is 0.400. The molecule has 0 spiro atoms. The minimum atomic E-state index is -0.575. The van der Waals surface area contributed by atoms with Gasteiger partial charge >= 0.3 is 0 Å². The average Bonchev–Trinajstić information content (AvgIpc) is 3.52. The van der Waals surface area contributed by atoms with Gasteiger partial charge in [0.15, 0.2) is 0 Å². The van der Waals surface area contributed by atoms with Crippen LogP contribution in [0.2, 0.25) is 5.02 Å². The second kappa shape index (κ2) is 9.25. The third-order valence-corrected chi connectivity index (χ3v) is 7.13. The molecular weight excluding hydrogens is 459 g/mol. The quantitative estimate of drug-likeness (QED) is 0.615. The van der Waals surface area contributed by atoms with E-state index < -0.39 is 5.82 Å². The highest BCUT2D eigenvalue weighted by Crippen LogP contribution is 2.27. The Hall–Kier alpha value is -3.13. The molecule has 2 fully saturated rings. The van der Waals surface area contributed by atoms with Crippen molar-refractivity contribution < 1.29 is 14.0 Å². The molecule has 9 heteroatoms. The third-order valence-electron chi connectivity index (χ3n) is 6.93. The van der Waals surface area contributed by atoms with Gasteiger partial charge in [0, 0.05) is 56.6 Å². The van der Waals surface area contributed by atoms with E-state index >= 15 is 0 Å². The molecule has 0 unspecified atom stereocenters. The SMILES string of the molecule is O=C(c1cc(Cc2c[nH]c(=O)c3cc(Cl)cn23)ccc1F)N1CCN(C(=O)C2CCCC2)CC1. The highest BCUT2D eigenvalue weighted by atomic mass is 35.5. The lowest BCUT2D eigenvalue weighted by molar-refractivity contribution is -0.136. The van der Waals surface area contributed by atoms with E-state index in [9.17, 15) is 18.8 Å². The Balaban J connectivity index is 1.30. The number of amides is 2. The molecule has 0 bridgehead atoms. The lowest BCUT2D eigenvalue weighted by Gasteiger charge is -2.36. The normalized spacial score (nSPS) is 17.0. The molecule has 1 saturated carbocycles. The van der Waals surface area contributed by atoms with Crippen LogP contribution in [0.25, 0.3) is 5.52 Å². The van der Waals surface area contributed by atoms with Crippen molar-refractivity contribution in [2.45, 2.75) is 32.1 Å². The molecule has 178 valence electrons. The number of aromatic nitrogens is 2. The van der Waals surface area contributed by atoms with Crippen molar-refractivity contribution in [1.82, 2.24) is 19.2 Å². The number of hydrogen-bond acceptors (Lipinski definition) is 3. The van der Waals surface area contributed by atoms with Gasteiger partial charge in [0.1, 0.15) is 11.3 Å². The number of carbonyl (C=O) groups excluding carboxylic acids is 2. The first kappa shape index (κ1) is 22.7. The molecule has 3 heterocycles. The Morgan fingerprint density at radius 3 is 2.50 bits per heavy atom. The van der Waals surface area contributed by atoms with Gasteiger partial charge in [0.05, 0.1) is 10.6 Å². The summed E-state index contributed by atoms with van der Waals surface area (Å²) in [7, 11) is 0. The van der Waals surface area contributed by atoms with Crippen LogP contribution < -0.4 is 5.56 Å². The molecule has 7 nitrogen and oxygen atoms in total. The zero-order valence-electron chi connectivity index (χ0n) is 18.7. The van der Waals surface area contributed by atoms with Crippen molar-refractivity contribution in [3.63, 3.8) is 0 Å². The minimum absolute atomic E-state index is 0.0132. The number of carbonyl (C=O) groups is 2. The van der Waals surface area contributed by atoms with Crippen molar-refractivity contribution in [1.29, 1.82) is 0 Å². The van der Waals surface area contributed by atoms with Gasteiger partial charge in [-0.15, -0.1) is 0 Å². The summed E-state index contributed by atoms with van der Waals surface area (Å²) in [5.74, 6) is -0.641. The van der Waals surface area contributed by atoms with E-state index in [1.807, 2.05) is 4.90 Å². The first-order valence-corrected chi connectivity index (χ1v) is 12.0. The van der Waals surface area contributed by atoms with Crippen molar-refractivity contribution in [3.8, 4) is 0 Å². The van der Waals surface area contributed by atoms with Crippen molar-refractivity contribution in [3.05, 3.63) is 74.7 Å². The summed E-state index contributed by atoms with van der Waals surface area (Å²) < 4.78 is 16.4. The van der Waals surface area contributed by atoms with Crippen LogP contribution in [0.1, 0.15) is 47.3 Å². The van der Waals surface area contributed by atoms with Gasteiger partial charge in [-0.1, -0.05) is 30.5 Å². The molecule has 0 atom stereocenters. The molecule has 2 amide bonds. The molecule has 1 aliphatic carbocycles. The number of nitrogens with one attached hydrogen (secondary N) is 1. The van der Waals surface area contributed by atoms with Crippen LogP contribution in [0.3, 0.4) is 0 Å². The van der Waals surface area contributed by atoms with Gasteiger partial charge in [-0.3, -0.25) is 14.4 Å². The topological polar surface area (TPSA) is 77.9 Å². The summed E-state index contributed by atoms with van der Waals surface area (Å²) in [6.45, 7) is 1.74. The predicted molar refractivity (Wildman–Crippen MR) is 127 cm³/mol. The zero-order valence-corrected chi connectivity index (χ0v) is 19.5. The number of piperazine rings is 1. The first-order chi connectivity index (χ1) is 16.4.